The highest BCUT2D eigenvalue weighted by Gasteiger charge is 2.42. The van der Waals surface area contributed by atoms with Crippen molar-refractivity contribution >= 4 is 11.6 Å². The predicted molar refractivity (Wildman–Crippen MR) is 61.4 cm³/mol. The Bertz CT molecular complexity index is 577. The summed E-state index contributed by atoms with van der Waals surface area (Å²) in [5.74, 6) is -7.56. The van der Waals surface area contributed by atoms with E-state index >= 15 is 0 Å². The molecule has 0 aliphatic heterocycles. The van der Waals surface area contributed by atoms with E-state index in [1.54, 1.807) is 5.32 Å². The van der Waals surface area contributed by atoms with Crippen molar-refractivity contribution in [2.24, 2.45) is 5.41 Å². The van der Waals surface area contributed by atoms with E-state index in [-0.39, 0.29) is 18.9 Å². The molecular formula is C13H10F4N2O. The SMILES string of the molecule is N#CC1(C(=O)Nc2c(F)c(F)cc(F)c2F)CCCC1. The van der Waals surface area contributed by atoms with Gasteiger partial charge >= 0.3 is 0 Å². The number of hydrogen-bond acceptors (Lipinski definition) is 2. The molecule has 0 heterocycles. The fourth-order valence-electron chi connectivity index (χ4n) is 2.28. The van der Waals surface area contributed by atoms with Crippen LogP contribution >= 0.6 is 0 Å². The molecule has 3 nitrogen and oxygen atoms in total. The van der Waals surface area contributed by atoms with Gasteiger partial charge in [-0.15, -0.1) is 0 Å². The van der Waals surface area contributed by atoms with Gasteiger partial charge in [-0.3, -0.25) is 4.79 Å². The Balaban J connectivity index is 2.36. The third kappa shape index (κ3) is 2.22. The van der Waals surface area contributed by atoms with Gasteiger partial charge in [-0.25, -0.2) is 17.6 Å². The minimum Gasteiger partial charge on any atom is -0.320 e. The molecule has 106 valence electrons. The molecule has 1 saturated carbocycles. The molecule has 0 radical (unpaired) electrons. The number of anilines is 1. The molecule has 0 aromatic heterocycles. The molecule has 1 amide bonds. The van der Waals surface area contributed by atoms with Gasteiger partial charge < -0.3 is 5.32 Å². The van der Waals surface area contributed by atoms with E-state index in [0.29, 0.717) is 12.8 Å². The van der Waals surface area contributed by atoms with E-state index in [0.717, 1.165) is 0 Å². The third-order valence-corrected chi connectivity index (χ3v) is 3.46. The maximum Gasteiger partial charge on any atom is 0.245 e. The third-order valence-electron chi connectivity index (χ3n) is 3.46. The van der Waals surface area contributed by atoms with Crippen molar-refractivity contribution in [1.29, 1.82) is 5.26 Å². The lowest BCUT2D eigenvalue weighted by atomic mass is 9.87. The zero-order chi connectivity index (χ0) is 14.9. The number of carbonyl (C=O) groups excluding carboxylic acids is 1. The first-order chi connectivity index (χ1) is 9.41. The van der Waals surface area contributed by atoms with Crippen LogP contribution in [0, 0.1) is 40.0 Å². The highest BCUT2D eigenvalue weighted by molar-refractivity contribution is 5.97. The van der Waals surface area contributed by atoms with Gasteiger partial charge in [-0.05, 0) is 12.8 Å². The largest absolute Gasteiger partial charge is 0.320 e. The molecule has 1 N–H and O–H groups in total. The average molecular weight is 286 g/mol. The van der Waals surface area contributed by atoms with Gasteiger partial charge in [0.05, 0.1) is 6.07 Å². The number of hydrogen-bond donors (Lipinski definition) is 1. The Kier molecular flexibility index (Phi) is 3.66. The molecule has 2 rings (SSSR count). The summed E-state index contributed by atoms with van der Waals surface area (Å²) in [5, 5.41) is 10.9. The lowest BCUT2D eigenvalue weighted by Gasteiger charge is -2.19. The van der Waals surface area contributed by atoms with E-state index < -0.39 is 40.3 Å². The molecule has 0 saturated heterocycles. The van der Waals surface area contributed by atoms with Gasteiger partial charge in [0, 0.05) is 6.07 Å². The first-order valence-corrected chi connectivity index (χ1v) is 5.97. The molecular weight excluding hydrogens is 276 g/mol. The Morgan fingerprint density at radius 2 is 1.65 bits per heavy atom. The molecule has 0 atom stereocenters. The van der Waals surface area contributed by atoms with Crippen LogP contribution in [0.1, 0.15) is 25.7 Å². The molecule has 7 heteroatoms. The standard InChI is InChI=1S/C13H10F4N2O/c14-7-5-8(15)10(17)11(9(7)16)19-12(20)13(6-18)3-1-2-4-13/h5H,1-4H2,(H,19,20). The minimum atomic E-state index is -1.69. The van der Waals surface area contributed by atoms with E-state index in [1.165, 1.54) is 0 Å². The van der Waals surface area contributed by atoms with Crippen molar-refractivity contribution in [3.63, 3.8) is 0 Å². The van der Waals surface area contributed by atoms with Gasteiger partial charge in [0.2, 0.25) is 5.91 Å². The summed E-state index contributed by atoms with van der Waals surface area (Å²) < 4.78 is 52.9. The summed E-state index contributed by atoms with van der Waals surface area (Å²) >= 11 is 0. The summed E-state index contributed by atoms with van der Waals surface area (Å²) in [5.41, 5.74) is -2.60. The van der Waals surface area contributed by atoms with Gasteiger partial charge in [-0.1, -0.05) is 12.8 Å². The number of benzene rings is 1. The van der Waals surface area contributed by atoms with Crippen LogP contribution in [0.15, 0.2) is 6.07 Å². The van der Waals surface area contributed by atoms with Crippen LogP contribution in [0.4, 0.5) is 23.2 Å². The smallest absolute Gasteiger partial charge is 0.245 e. The zero-order valence-electron chi connectivity index (χ0n) is 10.3. The molecule has 1 aliphatic carbocycles. The second-order valence-corrected chi connectivity index (χ2v) is 4.70. The summed E-state index contributed by atoms with van der Waals surface area (Å²) in [4.78, 5) is 12.0. The van der Waals surface area contributed by atoms with Crippen LogP contribution in [0.2, 0.25) is 0 Å². The number of halogens is 4. The number of nitrogens with one attached hydrogen (secondary N) is 1. The van der Waals surface area contributed by atoms with Crippen LogP contribution in [0.25, 0.3) is 0 Å². The molecule has 1 aromatic rings. The Hall–Kier alpha value is -2.10. The lowest BCUT2D eigenvalue weighted by molar-refractivity contribution is -0.122. The second kappa shape index (κ2) is 5.12. The summed E-state index contributed by atoms with van der Waals surface area (Å²) in [7, 11) is 0. The van der Waals surface area contributed by atoms with E-state index in [1.807, 2.05) is 6.07 Å². The molecule has 1 fully saturated rings. The van der Waals surface area contributed by atoms with Gasteiger partial charge in [0.15, 0.2) is 23.3 Å². The molecule has 20 heavy (non-hydrogen) atoms. The average Bonchev–Trinajstić information content (AvgIpc) is 2.91. The van der Waals surface area contributed by atoms with E-state index in [9.17, 15) is 22.4 Å². The first kappa shape index (κ1) is 14.3. The van der Waals surface area contributed by atoms with Crippen molar-refractivity contribution in [2.45, 2.75) is 25.7 Å². The summed E-state index contributed by atoms with van der Waals surface area (Å²) in [6.45, 7) is 0. The van der Waals surface area contributed by atoms with Crippen LogP contribution in [-0.2, 0) is 4.79 Å². The maximum atomic E-state index is 13.4. The van der Waals surface area contributed by atoms with Crippen LogP contribution in [0.3, 0.4) is 0 Å². The second-order valence-electron chi connectivity index (χ2n) is 4.70. The summed E-state index contributed by atoms with van der Waals surface area (Å²) in [6.07, 6.45) is 1.75. The molecule has 0 unspecified atom stereocenters. The topological polar surface area (TPSA) is 52.9 Å². The quantitative estimate of drug-likeness (QED) is 0.670. The molecule has 1 aromatic carbocycles. The van der Waals surface area contributed by atoms with Gasteiger partial charge in [0.1, 0.15) is 11.1 Å². The molecule has 1 aliphatic rings. The van der Waals surface area contributed by atoms with Crippen molar-refractivity contribution in [2.75, 3.05) is 5.32 Å². The Morgan fingerprint density at radius 1 is 1.15 bits per heavy atom. The van der Waals surface area contributed by atoms with Crippen molar-refractivity contribution in [1.82, 2.24) is 0 Å². The van der Waals surface area contributed by atoms with Crippen molar-refractivity contribution in [3.8, 4) is 6.07 Å². The van der Waals surface area contributed by atoms with Crippen LogP contribution < -0.4 is 5.32 Å². The van der Waals surface area contributed by atoms with Crippen LogP contribution in [0.5, 0.6) is 0 Å². The maximum absolute atomic E-state index is 13.4. The van der Waals surface area contributed by atoms with E-state index in [2.05, 4.69) is 0 Å². The minimum absolute atomic E-state index is 0.0515. The fraction of sp³-hybridized carbons (Fsp3) is 0.385. The summed E-state index contributed by atoms with van der Waals surface area (Å²) in [6, 6.07) is 1.87. The number of rotatable bonds is 2. The number of nitrogens with zero attached hydrogens (tertiary/aromatic N) is 1. The highest BCUT2D eigenvalue weighted by atomic mass is 19.2. The van der Waals surface area contributed by atoms with Gasteiger partial charge in [-0.2, -0.15) is 5.26 Å². The monoisotopic (exact) mass is 286 g/mol. The Morgan fingerprint density at radius 3 is 2.10 bits per heavy atom. The lowest BCUT2D eigenvalue weighted by Crippen LogP contribution is -2.33. The van der Waals surface area contributed by atoms with Gasteiger partial charge in [0.25, 0.3) is 0 Å². The zero-order valence-corrected chi connectivity index (χ0v) is 10.3. The van der Waals surface area contributed by atoms with Crippen molar-refractivity contribution < 1.29 is 22.4 Å². The van der Waals surface area contributed by atoms with Crippen molar-refractivity contribution in [3.05, 3.63) is 29.3 Å². The number of amides is 1. The normalized spacial score (nSPS) is 16.8. The Labute approximate surface area is 112 Å². The predicted octanol–water partition coefficient (Wildman–Crippen LogP) is 3.27. The highest BCUT2D eigenvalue weighted by Crippen LogP contribution is 2.39. The van der Waals surface area contributed by atoms with E-state index in [4.69, 9.17) is 5.26 Å². The number of nitriles is 1. The first-order valence-electron chi connectivity index (χ1n) is 5.97. The van der Waals surface area contributed by atoms with Crippen LogP contribution in [-0.4, -0.2) is 5.91 Å². The molecule has 0 spiro atoms. The number of carbonyl (C=O) groups is 1. The molecule has 0 bridgehead atoms. The fourth-order valence-corrected chi connectivity index (χ4v) is 2.28.